The molecule has 1 aromatic carbocycles. The molecule has 0 aliphatic heterocycles. The maximum atomic E-state index is 12.1. The van der Waals surface area contributed by atoms with Crippen molar-refractivity contribution in [3.63, 3.8) is 0 Å². The fourth-order valence-corrected chi connectivity index (χ4v) is 2.33. The van der Waals surface area contributed by atoms with E-state index < -0.39 is 10.0 Å². The Morgan fingerprint density at radius 1 is 1.38 bits per heavy atom. The predicted octanol–water partition coefficient (Wildman–Crippen LogP) is 1.26. The molecule has 21 heavy (non-hydrogen) atoms. The van der Waals surface area contributed by atoms with Crippen LogP contribution in [0.3, 0.4) is 0 Å². The first-order chi connectivity index (χ1) is 9.77. The van der Waals surface area contributed by atoms with Crippen LogP contribution in [0.25, 0.3) is 0 Å². The molecule has 1 rings (SSSR count). The van der Waals surface area contributed by atoms with Gasteiger partial charge in [-0.05, 0) is 29.7 Å². The normalized spacial score (nSPS) is 13.0. The van der Waals surface area contributed by atoms with E-state index in [1.54, 1.807) is 6.07 Å². The Labute approximate surface area is 125 Å². The van der Waals surface area contributed by atoms with Gasteiger partial charge in [0, 0.05) is 19.2 Å². The van der Waals surface area contributed by atoms with Crippen molar-refractivity contribution in [1.29, 1.82) is 0 Å². The third-order valence-corrected chi connectivity index (χ3v) is 4.07. The number of nitrogens with two attached hydrogens (primary N) is 1. The summed E-state index contributed by atoms with van der Waals surface area (Å²) in [6, 6.07) is 4.29. The molecule has 0 radical (unpaired) electrons. The molecule has 1 unspecified atom stereocenters. The molecule has 0 spiro atoms. The quantitative estimate of drug-likeness (QED) is 0.791. The number of carbonyl (C=O) groups excluding carboxylic acids is 1. The summed E-state index contributed by atoms with van der Waals surface area (Å²) in [7, 11) is -2.38. The molecule has 1 atom stereocenters. The average Bonchev–Trinajstić information content (AvgIpc) is 2.43. The molecule has 0 saturated heterocycles. The minimum Gasteiger partial charge on any atom is -0.380 e. The number of ether oxygens (including phenoxy) is 1. The van der Waals surface area contributed by atoms with E-state index in [1.807, 2.05) is 13.8 Å². The number of carbonyl (C=O) groups is 1. The summed E-state index contributed by atoms with van der Waals surface area (Å²) in [5.74, 6) is 0.0342. The van der Waals surface area contributed by atoms with Gasteiger partial charge in [-0.25, -0.2) is 13.6 Å². The Bertz CT molecular complexity index is 599. The zero-order valence-electron chi connectivity index (χ0n) is 12.5. The van der Waals surface area contributed by atoms with Gasteiger partial charge >= 0.3 is 0 Å². The lowest BCUT2D eigenvalue weighted by Crippen LogP contribution is -2.28. The molecular formula is C14H22N2O4S. The van der Waals surface area contributed by atoms with Crippen LogP contribution in [0.4, 0.5) is 0 Å². The predicted molar refractivity (Wildman–Crippen MR) is 80.3 cm³/mol. The van der Waals surface area contributed by atoms with Crippen LogP contribution >= 0.6 is 0 Å². The van der Waals surface area contributed by atoms with Gasteiger partial charge in [0.25, 0.3) is 5.91 Å². The zero-order valence-corrected chi connectivity index (χ0v) is 13.4. The Hall–Kier alpha value is -1.44. The van der Waals surface area contributed by atoms with Crippen LogP contribution in [0.15, 0.2) is 23.1 Å². The number of nitrogens with one attached hydrogen (secondary N) is 1. The molecule has 0 fully saturated rings. The fourth-order valence-electron chi connectivity index (χ4n) is 1.72. The fraction of sp³-hybridized carbons (Fsp3) is 0.500. The van der Waals surface area contributed by atoms with E-state index in [0.29, 0.717) is 18.0 Å². The minimum atomic E-state index is -3.87. The van der Waals surface area contributed by atoms with Gasteiger partial charge in [0.15, 0.2) is 0 Å². The van der Waals surface area contributed by atoms with E-state index in [9.17, 15) is 13.2 Å². The van der Waals surface area contributed by atoms with Gasteiger partial charge in [0.2, 0.25) is 10.0 Å². The molecule has 1 amide bonds. The van der Waals surface area contributed by atoms with Crippen LogP contribution in [-0.4, -0.2) is 28.0 Å². The van der Waals surface area contributed by atoms with E-state index in [2.05, 4.69) is 5.32 Å². The Morgan fingerprint density at radius 3 is 2.57 bits per heavy atom. The lowest BCUT2D eigenvalue weighted by Gasteiger charge is -2.12. The molecule has 0 saturated carbocycles. The molecule has 0 aliphatic carbocycles. The SMILES string of the molecule is CCC(C)CNC(=O)c1cc(COC)cc(S(N)(=O)=O)c1. The van der Waals surface area contributed by atoms with E-state index in [-0.39, 0.29) is 23.0 Å². The van der Waals surface area contributed by atoms with E-state index >= 15 is 0 Å². The second-order valence-electron chi connectivity index (χ2n) is 5.07. The van der Waals surface area contributed by atoms with Gasteiger partial charge in [-0.15, -0.1) is 0 Å². The van der Waals surface area contributed by atoms with Gasteiger partial charge in [0.05, 0.1) is 11.5 Å². The Balaban J connectivity index is 3.05. The van der Waals surface area contributed by atoms with Gasteiger partial charge < -0.3 is 10.1 Å². The van der Waals surface area contributed by atoms with Crippen molar-refractivity contribution >= 4 is 15.9 Å². The van der Waals surface area contributed by atoms with Gasteiger partial charge in [0.1, 0.15) is 0 Å². The second-order valence-corrected chi connectivity index (χ2v) is 6.63. The van der Waals surface area contributed by atoms with Crippen molar-refractivity contribution in [2.24, 2.45) is 11.1 Å². The molecule has 0 aliphatic rings. The van der Waals surface area contributed by atoms with Crippen molar-refractivity contribution in [2.75, 3.05) is 13.7 Å². The summed E-state index contributed by atoms with van der Waals surface area (Å²) in [5.41, 5.74) is 0.842. The number of sulfonamides is 1. The molecule has 0 aromatic heterocycles. The van der Waals surface area contributed by atoms with Gasteiger partial charge in [-0.3, -0.25) is 4.79 Å². The first-order valence-electron chi connectivity index (χ1n) is 6.71. The monoisotopic (exact) mass is 314 g/mol. The highest BCUT2D eigenvalue weighted by atomic mass is 32.2. The third kappa shape index (κ3) is 5.45. The number of benzene rings is 1. The summed E-state index contributed by atoms with van der Waals surface area (Å²) < 4.78 is 27.9. The van der Waals surface area contributed by atoms with E-state index in [1.165, 1.54) is 19.2 Å². The topological polar surface area (TPSA) is 98.5 Å². The number of hydrogen-bond donors (Lipinski definition) is 2. The highest BCUT2D eigenvalue weighted by Crippen LogP contribution is 2.15. The van der Waals surface area contributed by atoms with E-state index in [0.717, 1.165) is 6.42 Å². The first kappa shape index (κ1) is 17.6. The van der Waals surface area contributed by atoms with Crippen LogP contribution in [0.1, 0.15) is 36.2 Å². The number of hydrogen-bond acceptors (Lipinski definition) is 4. The van der Waals surface area contributed by atoms with Crippen molar-refractivity contribution in [1.82, 2.24) is 5.32 Å². The Kier molecular flexibility index (Phi) is 6.32. The van der Waals surface area contributed by atoms with Crippen LogP contribution in [0.5, 0.6) is 0 Å². The molecular weight excluding hydrogens is 292 g/mol. The van der Waals surface area contributed by atoms with Crippen LogP contribution in [-0.2, 0) is 21.4 Å². The zero-order chi connectivity index (χ0) is 16.0. The van der Waals surface area contributed by atoms with Crippen LogP contribution in [0, 0.1) is 5.92 Å². The lowest BCUT2D eigenvalue weighted by atomic mass is 10.1. The highest BCUT2D eigenvalue weighted by molar-refractivity contribution is 7.89. The lowest BCUT2D eigenvalue weighted by molar-refractivity contribution is 0.0947. The summed E-state index contributed by atoms with van der Waals surface area (Å²) in [4.78, 5) is 12.0. The second kappa shape index (κ2) is 7.53. The molecule has 0 bridgehead atoms. The van der Waals surface area contributed by atoms with E-state index in [4.69, 9.17) is 9.88 Å². The molecule has 6 nitrogen and oxygen atoms in total. The maximum Gasteiger partial charge on any atom is 0.251 e. The van der Waals surface area contributed by atoms with Gasteiger partial charge in [-0.2, -0.15) is 0 Å². The summed E-state index contributed by atoms with van der Waals surface area (Å²) in [6.07, 6.45) is 0.951. The third-order valence-electron chi connectivity index (χ3n) is 3.18. The minimum absolute atomic E-state index is 0.0919. The summed E-state index contributed by atoms with van der Waals surface area (Å²) in [6.45, 7) is 4.80. The van der Waals surface area contributed by atoms with Crippen molar-refractivity contribution in [3.8, 4) is 0 Å². The smallest absolute Gasteiger partial charge is 0.251 e. The number of rotatable bonds is 7. The van der Waals surface area contributed by atoms with Crippen molar-refractivity contribution in [2.45, 2.75) is 31.8 Å². The number of amides is 1. The van der Waals surface area contributed by atoms with Crippen LogP contribution in [0.2, 0.25) is 0 Å². The van der Waals surface area contributed by atoms with Crippen molar-refractivity contribution < 1.29 is 17.9 Å². The maximum absolute atomic E-state index is 12.1. The highest BCUT2D eigenvalue weighted by Gasteiger charge is 2.15. The molecule has 7 heteroatoms. The molecule has 3 N–H and O–H groups in total. The van der Waals surface area contributed by atoms with Gasteiger partial charge in [-0.1, -0.05) is 20.3 Å². The number of methoxy groups -OCH3 is 1. The molecule has 0 heterocycles. The summed E-state index contributed by atoms with van der Waals surface area (Å²) >= 11 is 0. The standard InChI is InChI=1S/C14H22N2O4S/c1-4-10(2)8-16-14(17)12-5-11(9-20-3)6-13(7-12)21(15,18)19/h5-7,10H,4,8-9H2,1-3H3,(H,16,17)(H2,15,18,19). The Morgan fingerprint density at radius 2 is 2.05 bits per heavy atom. The average molecular weight is 314 g/mol. The summed E-state index contributed by atoms with van der Waals surface area (Å²) in [5, 5.41) is 7.92. The van der Waals surface area contributed by atoms with Crippen LogP contribution < -0.4 is 10.5 Å². The largest absolute Gasteiger partial charge is 0.380 e. The molecule has 1 aromatic rings. The molecule has 118 valence electrons. The van der Waals surface area contributed by atoms with Crippen molar-refractivity contribution in [3.05, 3.63) is 29.3 Å². The number of primary sulfonamides is 1. The first-order valence-corrected chi connectivity index (χ1v) is 8.26.